The van der Waals surface area contributed by atoms with E-state index < -0.39 is 0 Å². The van der Waals surface area contributed by atoms with E-state index >= 15 is 0 Å². The van der Waals surface area contributed by atoms with Crippen LogP contribution in [-0.2, 0) is 6.42 Å². The average molecular weight is 245 g/mol. The lowest BCUT2D eigenvalue weighted by Crippen LogP contribution is -2.15. The van der Waals surface area contributed by atoms with Crippen LogP contribution in [0, 0.1) is 0 Å². The van der Waals surface area contributed by atoms with Gasteiger partial charge in [0.1, 0.15) is 11.9 Å². The van der Waals surface area contributed by atoms with E-state index in [4.69, 9.17) is 16.3 Å². The first-order valence-corrected chi connectivity index (χ1v) is 6.21. The molecule has 1 atom stereocenters. The maximum absolute atomic E-state index is 6.20. The standard InChI is InChI=1S/C15H13ClO/c16-13-7-3-2-6-12(13)15-10-9-11-5-1-4-8-14(11)17-15/h1-8,15H,9-10H2. The Morgan fingerprint density at radius 3 is 2.65 bits per heavy atom. The van der Waals surface area contributed by atoms with Gasteiger partial charge in [0.2, 0.25) is 0 Å². The lowest BCUT2D eigenvalue weighted by Gasteiger charge is -2.26. The smallest absolute Gasteiger partial charge is 0.125 e. The molecule has 1 unspecified atom stereocenters. The molecule has 0 N–H and O–H groups in total. The minimum Gasteiger partial charge on any atom is -0.485 e. The van der Waals surface area contributed by atoms with E-state index in [-0.39, 0.29) is 6.10 Å². The van der Waals surface area contributed by atoms with Crippen LogP contribution in [0.1, 0.15) is 23.7 Å². The lowest BCUT2D eigenvalue weighted by atomic mass is 9.97. The van der Waals surface area contributed by atoms with Crippen molar-refractivity contribution in [2.75, 3.05) is 0 Å². The summed E-state index contributed by atoms with van der Waals surface area (Å²) in [6.07, 6.45) is 2.12. The first-order valence-electron chi connectivity index (χ1n) is 5.83. The molecule has 0 bridgehead atoms. The first kappa shape index (κ1) is 10.7. The van der Waals surface area contributed by atoms with Crippen molar-refractivity contribution >= 4 is 11.6 Å². The van der Waals surface area contributed by atoms with Crippen molar-refractivity contribution < 1.29 is 4.74 Å². The molecule has 2 aromatic rings. The monoisotopic (exact) mass is 244 g/mol. The maximum atomic E-state index is 6.20. The number of hydrogen-bond donors (Lipinski definition) is 0. The fraction of sp³-hybridized carbons (Fsp3) is 0.200. The molecule has 0 saturated carbocycles. The van der Waals surface area contributed by atoms with Gasteiger partial charge >= 0.3 is 0 Å². The average Bonchev–Trinajstić information content (AvgIpc) is 2.39. The molecular formula is C15H13ClO. The normalized spacial score (nSPS) is 18.3. The number of rotatable bonds is 1. The molecule has 86 valence electrons. The summed E-state index contributed by atoms with van der Waals surface area (Å²) in [6.45, 7) is 0. The molecule has 1 aliphatic heterocycles. The second-order valence-electron chi connectivity index (χ2n) is 4.27. The van der Waals surface area contributed by atoms with Gasteiger partial charge in [0.05, 0.1) is 0 Å². The maximum Gasteiger partial charge on any atom is 0.125 e. The summed E-state index contributed by atoms with van der Waals surface area (Å²) in [7, 11) is 0. The number of ether oxygens (including phenoxy) is 1. The molecule has 0 fully saturated rings. The van der Waals surface area contributed by atoms with Crippen LogP contribution in [0.5, 0.6) is 5.75 Å². The third-order valence-electron chi connectivity index (χ3n) is 3.17. The molecule has 1 nitrogen and oxygen atoms in total. The van der Waals surface area contributed by atoms with Crippen LogP contribution < -0.4 is 4.74 Å². The second kappa shape index (κ2) is 4.42. The predicted octanol–water partition coefficient (Wildman–Crippen LogP) is 4.41. The van der Waals surface area contributed by atoms with Gasteiger partial charge in [-0.3, -0.25) is 0 Å². The summed E-state index contributed by atoms with van der Waals surface area (Å²) in [4.78, 5) is 0. The summed E-state index contributed by atoms with van der Waals surface area (Å²) >= 11 is 6.20. The number of benzene rings is 2. The highest BCUT2D eigenvalue weighted by atomic mass is 35.5. The van der Waals surface area contributed by atoms with E-state index in [1.807, 2.05) is 36.4 Å². The van der Waals surface area contributed by atoms with E-state index in [0.717, 1.165) is 29.2 Å². The molecule has 2 heteroatoms. The third kappa shape index (κ3) is 2.03. The predicted molar refractivity (Wildman–Crippen MR) is 69.6 cm³/mol. The molecule has 2 aromatic carbocycles. The Morgan fingerprint density at radius 1 is 1.00 bits per heavy atom. The largest absolute Gasteiger partial charge is 0.485 e. The van der Waals surface area contributed by atoms with E-state index in [9.17, 15) is 0 Å². The summed E-state index contributed by atoms with van der Waals surface area (Å²) in [5.74, 6) is 0.990. The van der Waals surface area contributed by atoms with Crippen molar-refractivity contribution in [3.8, 4) is 5.75 Å². The highest BCUT2D eigenvalue weighted by Gasteiger charge is 2.22. The van der Waals surface area contributed by atoms with Crippen LogP contribution in [0.15, 0.2) is 48.5 Å². The molecule has 0 aromatic heterocycles. The molecule has 3 rings (SSSR count). The Morgan fingerprint density at radius 2 is 1.76 bits per heavy atom. The minimum atomic E-state index is 0.0820. The number of fused-ring (bicyclic) bond motifs is 1. The van der Waals surface area contributed by atoms with Gasteiger partial charge in [-0.1, -0.05) is 48.0 Å². The topological polar surface area (TPSA) is 9.23 Å². The van der Waals surface area contributed by atoms with Gasteiger partial charge in [-0.05, 0) is 30.5 Å². The zero-order chi connectivity index (χ0) is 11.7. The van der Waals surface area contributed by atoms with Crippen LogP contribution >= 0.6 is 11.6 Å². The van der Waals surface area contributed by atoms with Gasteiger partial charge in [0.15, 0.2) is 0 Å². The second-order valence-corrected chi connectivity index (χ2v) is 4.68. The highest BCUT2D eigenvalue weighted by Crippen LogP contribution is 2.36. The van der Waals surface area contributed by atoms with Gasteiger partial charge in [0.25, 0.3) is 0 Å². The van der Waals surface area contributed by atoms with Crippen molar-refractivity contribution in [3.05, 3.63) is 64.7 Å². The van der Waals surface area contributed by atoms with Crippen molar-refractivity contribution in [3.63, 3.8) is 0 Å². The van der Waals surface area contributed by atoms with Crippen LogP contribution in [0.3, 0.4) is 0 Å². The van der Waals surface area contributed by atoms with E-state index in [0.29, 0.717) is 0 Å². The van der Waals surface area contributed by atoms with Crippen LogP contribution in [-0.4, -0.2) is 0 Å². The van der Waals surface area contributed by atoms with Gasteiger partial charge in [-0.25, -0.2) is 0 Å². The fourth-order valence-electron chi connectivity index (χ4n) is 2.28. The third-order valence-corrected chi connectivity index (χ3v) is 3.51. The summed E-state index contributed by atoms with van der Waals surface area (Å²) in [5.41, 5.74) is 2.37. The number of aryl methyl sites for hydroxylation is 1. The molecule has 0 saturated heterocycles. The van der Waals surface area contributed by atoms with Crippen LogP contribution in [0.25, 0.3) is 0 Å². The summed E-state index contributed by atoms with van der Waals surface area (Å²) in [6, 6.07) is 16.1. The van der Waals surface area contributed by atoms with E-state index in [1.54, 1.807) is 0 Å². The van der Waals surface area contributed by atoms with Gasteiger partial charge in [-0.2, -0.15) is 0 Å². The quantitative estimate of drug-likeness (QED) is 0.722. The molecule has 1 aliphatic rings. The Balaban J connectivity index is 1.92. The van der Waals surface area contributed by atoms with Crippen molar-refractivity contribution in [2.24, 2.45) is 0 Å². The Bertz CT molecular complexity index is 536. The van der Waals surface area contributed by atoms with Gasteiger partial charge < -0.3 is 4.74 Å². The zero-order valence-electron chi connectivity index (χ0n) is 9.40. The molecular weight excluding hydrogens is 232 g/mol. The first-order chi connectivity index (χ1) is 8.34. The molecule has 0 spiro atoms. The fourth-order valence-corrected chi connectivity index (χ4v) is 2.54. The SMILES string of the molecule is Clc1ccccc1C1CCc2ccccc2O1. The van der Waals surface area contributed by atoms with Crippen molar-refractivity contribution in [1.29, 1.82) is 0 Å². The van der Waals surface area contributed by atoms with Gasteiger partial charge in [0, 0.05) is 10.6 Å². The zero-order valence-corrected chi connectivity index (χ0v) is 10.2. The Hall–Kier alpha value is -1.47. The Kier molecular flexibility index (Phi) is 2.77. The Labute approximate surface area is 106 Å². The van der Waals surface area contributed by atoms with Crippen LogP contribution in [0.2, 0.25) is 5.02 Å². The van der Waals surface area contributed by atoms with Gasteiger partial charge in [-0.15, -0.1) is 0 Å². The summed E-state index contributed by atoms with van der Waals surface area (Å²) in [5, 5.41) is 0.789. The minimum absolute atomic E-state index is 0.0820. The van der Waals surface area contributed by atoms with E-state index in [2.05, 4.69) is 12.1 Å². The molecule has 0 radical (unpaired) electrons. The summed E-state index contributed by atoms with van der Waals surface area (Å²) < 4.78 is 6.01. The number of para-hydroxylation sites is 1. The molecule has 1 heterocycles. The van der Waals surface area contributed by atoms with Crippen LogP contribution in [0.4, 0.5) is 0 Å². The van der Waals surface area contributed by atoms with E-state index in [1.165, 1.54) is 5.56 Å². The molecule has 17 heavy (non-hydrogen) atoms. The molecule has 0 amide bonds. The number of hydrogen-bond acceptors (Lipinski definition) is 1. The highest BCUT2D eigenvalue weighted by molar-refractivity contribution is 6.31. The molecule has 0 aliphatic carbocycles. The number of halogens is 1. The van der Waals surface area contributed by atoms with Crippen molar-refractivity contribution in [2.45, 2.75) is 18.9 Å². The van der Waals surface area contributed by atoms with Crippen molar-refractivity contribution in [1.82, 2.24) is 0 Å². The lowest BCUT2D eigenvalue weighted by molar-refractivity contribution is 0.177.